The summed E-state index contributed by atoms with van der Waals surface area (Å²) in [6.07, 6.45) is 3.86. The summed E-state index contributed by atoms with van der Waals surface area (Å²) in [5.74, 6) is 0. The number of rotatable bonds is 7. The topological polar surface area (TPSA) is 29.5 Å². The first-order chi connectivity index (χ1) is 6.45. The van der Waals surface area contributed by atoms with Crippen LogP contribution in [0.1, 0.15) is 53.4 Å². The second-order valence-corrected chi connectivity index (χ2v) is 5.18. The molecule has 1 atom stereocenters. The van der Waals surface area contributed by atoms with Crippen molar-refractivity contribution >= 4 is 0 Å². The summed E-state index contributed by atoms with van der Waals surface area (Å²) >= 11 is 0. The van der Waals surface area contributed by atoms with E-state index in [1.807, 2.05) is 0 Å². The van der Waals surface area contributed by atoms with Gasteiger partial charge in [-0.2, -0.15) is 0 Å². The molecule has 0 aliphatic carbocycles. The van der Waals surface area contributed by atoms with Crippen molar-refractivity contribution in [2.24, 2.45) is 5.41 Å². The van der Waals surface area contributed by atoms with Crippen LogP contribution in [0.4, 0.5) is 0 Å². The minimum atomic E-state index is -0.269. The molecule has 0 aromatic rings. The van der Waals surface area contributed by atoms with Gasteiger partial charge in [0.1, 0.15) is 0 Å². The fourth-order valence-electron chi connectivity index (χ4n) is 1.34. The van der Waals surface area contributed by atoms with Gasteiger partial charge in [0.25, 0.3) is 0 Å². The highest BCUT2D eigenvalue weighted by molar-refractivity contribution is 4.60. The monoisotopic (exact) mass is 202 g/mol. The molecule has 0 amide bonds. The minimum Gasteiger partial charge on any atom is -0.391 e. The van der Waals surface area contributed by atoms with Crippen molar-refractivity contribution < 1.29 is 9.84 Å². The molecule has 0 spiro atoms. The van der Waals surface area contributed by atoms with Crippen LogP contribution in [0, 0.1) is 5.41 Å². The van der Waals surface area contributed by atoms with Crippen LogP contribution in [0.15, 0.2) is 0 Å². The summed E-state index contributed by atoms with van der Waals surface area (Å²) in [6.45, 7) is 10.1. The lowest BCUT2D eigenvalue weighted by molar-refractivity contribution is 0.0287. The number of ether oxygens (including phenoxy) is 1. The van der Waals surface area contributed by atoms with Crippen molar-refractivity contribution in [3.63, 3.8) is 0 Å². The van der Waals surface area contributed by atoms with E-state index in [4.69, 9.17) is 4.74 Å². The summed E-state index contributed by atoms with van der Waals surface area (Å²) in [5, 5.41) is 9.38. The van der Waals surface area contributed by atoms with Gasteiger partial charge in [0.2, 0.25) is 0 Å². The van der Waals surface area contributed by atoms with Gasteiger partial charge in [-0.15, -0.1) is 0 Å². The molecule has 86 valence electrons. The van der Waals surface area contributed by atoms with Gasteiger partial charge in [-0.25, -0.2) is 0 Å². The number of aliphatic hydroxyl groups is 1. The van der Waals surface area contributed by atoms with Crippen molar-refractivity contribution in [2.75, 3.05) is 13.2 Å². The Balaban J connectivity index is 3.21. The van der Waals surface area contributed by atoms with Crippen LogP contribution in [-0.4, -0.2) is 24.4 Å². The fourth-order valence-corrected chi connectivity index (χ4v) is 1.34. The van der Waals surface area contributed by atoms with Crippen molar-refractivity contribution in [1.82, 2.24) is 0 Å². The maximum atomic E-state index is 9.38. The number of aliphatic hydroxyl groups excluding tert-OH is 1. The van der Waals surface area contributed by atoms with Crippen molar-refractivity contribution in [3.05, 3.63) is 0 Å². The van der Waals surface area contributed by atoms with Gasteiger partial charge >= 0.3 is 0 Å². The van der Waals surface area contributed by atoms with Crippen molar-refractivity contribution in [2.45, 2.75) is 59.5 Å². The quantitative estimate of drug-likeness (QED) is 0.643. The maximum Gasteiger partial charge on any atom is 0.0773 e. The highest BCUT2D eigenvalue weighted by Gasteiger charge is 2.09. The molecule has 1 N–H and O–H groups in total. The molecular formula is C12H26O2. The Morgan fingerprint density at radius 3 is 2.43 bits per heavy atom. The first kappa shape index (κ1) is 13.9. The second kappa shape index (κ2) is 7.24. The highest BCUT2D eigenvalue weighted by Crippen LogP contribution is 2.20. The zero-order valence-electron chi connectivity index (χ0n) is 10.2. The van der Waals surface area contributed by atoms with Crippen LogP contribution < -0.4 is 0 Å². The third kappa shape index (κ3) is 10.0. The van der Waals surface area contributed by atoms with Crippen molar-refractivity contribution in [3.8, 4) is 0 Å². The molecule has 14 heavy (non-hydrogen) atoms. The summed E-state index contributed by atoms with van der Waals surface area (Å²) < 4.78 is 5.39. The van der Waals surface area contributed by atoms with E-state index in [0.29, 0.717) is 12.0 Å². The molecule has 0 rings (SSSR count). The Hall–Kier alpha value is -0.0800. The molecule has 0 aromatic carbocycles. The molecule has 0 heterocycles. The Morgan fingerprint density at radius 1 is 1.29 bits per heavy atom. The molecule has 0 saturated carbocycles. The van der Waals surface area contributed by atoms with E-state index in [1.165, 1.54) is 6.42 Å². The van der Waals surface area contributed by atoms with E-state index in [0.717, 1.165) is 25.9 Å². The normalized spacial score (nSPS) is 14.4. The van der Waals surface area contributed by atoms with Crippen LogP contribution in [0.3, 0.4) is 0 Å². The van der Waals surface area contributed by atoms with E-state index in [2.05, 4.69) is 27.7 Å². The SMILES string of the molecule is CCCC(O)COCCCC(C)(C)C. The number of hydrogen-bond acceptors (Lipinski definition) is 2. The summed E-state index contributed by atoms with van der Waals surface area (Å²) in [6, 6.07) is 0. The maximum absolute atomic E-state index is 9.38. The van der Waals surface area contributed by atoms with E-state index in [1.54, 1.807) is 0 Å². The van der Waals surface area contributed by atoms with Gasteiger partial charge in [-0.05, 0) is 24.7 Å². The van der Waals surface area contributed by atoms with Crippen LogP contribution in [0.5, 0.6) is 0 Å². The molecule has 1 unspecified atom stereocenters. The fraction of sp³-hybridized carbons (Fsp3) is 1.00. The molecule has 0 radical (unpaired) electrons. The average molecular weight is 202 g/mol. The number of hydrogen-bond donors (Lipinski definition) is 1. The zero-order valence-corrected chi connectivity index (χ0v) is 10.2. The predicted octanol–water partition coefficient (Wildman–Crippen LogP) is 2.99. The lowest BCUT2D eigenvalue weighted by Gasteiger charge is -2.18. The Bertz CT molecular complexity index is 127. The van der Waals surface area contributed by atoms with E-state index < -0.39 is 0 Å². The molecule has 0 aliphatic rings. The summed E-state index contributed by atoms with van der Waals surface area (Å²) in [4.78, 5) is 0. The van der Waals surface area contributed by atoms with Gasteiger partial charge in [0, 0.05) is 6.61 Å². The first-order valence-electron chi connectivity index (χ1n) is 5.71. The summed E-state index contributed by atoms with van der Waals surface area (Å²) in [5.41, 5.74) is 0.394. The average Bonchev–Trinajstić information content (AvgIpc) is 2.02. The Kier molecular flexibility index (Phi) is 7.20. The second-order valence-electron chi connectivity index (χ2n) is 5.18. The summed E-state index contributed by atoms with van der Waals surface area (Å²) in [7, 11) is 0. The third-order valence-electron chi connectivity index (χ3n) is 2.15. The zero-order chi connectivity index (χ0) is 11.0. The first-order valence-corrected chi connectivity index (χ1v) is 5.71. The van der Waals surface area contributed by atoms with E-state index in [9.17, 15) is 5.11 Å². The van der Waals surface area contributed by atoms with E-state index in [-0.39, 0.29) is 6.10 Å². The van der Waals surface area contributed by atoms with Gasteiger partial charge in [0.15, 0.2) is 0 Å². The molecule has 0 bridgehead atoms. The minimum absolute atomic E-state index is 0.269. The lowest BCUT2D eigenvalue weighted by Crippen LogP contribution is -2.16. The smallest absolute Gasteiger partial charge is 0.0773 e. The molecule has 0 aliphatic heterocycles. The van der Waals surface area contributed by atoms with Gasteiger partial charge in [0.05, 0.1) is 12.7 Å². The van der Waals surface area contributed by atoms with Gasteiger partial charge in [-0.1, -0.05) is 34.1 Å². The standard InChI is InChI=1S/C12H26O2/c1-5-7-11(13)10-14-9-6-8-12(2,3)4/h11,13H,5-10H2,1-4H3. The van der Waals surface area contributed by atoms with E-state index >= 15 is 0 Å². The Labute approximate surface area is 88.7 Å². The van der Waals surface area contributed by atoms with Gasteiger partial charge < -0.3 is 9.84 Å². The lowest BCUT2D eigenvalue weighted by atomic mass is 9.91. The third-order valence-corrected chi connectivity index (χ3v) is 2.15. The van der Waals surface area contributed by atoms with Crippen LogP contribution in [0.25, 0.3) is 0 Å². The molecule has 2 heteroatoms. The molecule has 0 fully saturated rings. The van der Waals surface area contributed by atoms with Crippen LogP contribution in [0.2, 0.25) is 0 Å². The predicted molar refractivity (Wildman–Crippen MR) is 60.4 cm³/mol. The van der Waals surface area contributed by atoms with Crippen LogP contribution >= 0.6 is 0 Å². The van der Waals surface area contributed by atoms with Crippen LogP contribution in [-0.2, 0) is 4.74 Å². The molecular weight excluding hydrogens is 176 g/mol. The highest BCUT2D eigenvalue weighted by atomic mass is 16.5. The Morgan fingerprint density at radius 2 is 1.93 bits per heavy atom. The molecule has 2 nitrogen and oxygen atoms in total. The largest absolute Gasteiger partial charge is 0.391 e. The van der Waals surface area contributed by atoms with Crippen molar-refractivity contribution in [1.29, 1.82) is 0 Å². The van der Waals surface area contributed by atoms with Gasteiger partial charge in [-0.3, -0.25) is 0 Å². The molecule has 0 aromatic heterocycles. The molecule has 0 saturated heterocycles.